The predicted octanol–water partition coefficient (Wildman–Crippen LogP) is -0.105. The van der Waals surface area contributed by atoms with Crippen molar-refractivity contribution in [3.05, 3.63) is 0 Å². The lowest BCUT2D eigenvalue weighted by Crippen LogP contribution is -2.35. The molecule has 0 aromatic carbocycles. The second-order valence-electron chi connectivity index (χ2n) is 3.05. The molecule has 2 amide bonds. The molecule has 4 nitrogen and oxygen atoms in total. The van der Waals surface area contributed by atoms with Crippen LogP contribution in [0.15, 0.2) is 0 Å². The lowest BCUT2D eigenvalue weighted by atomic mass is 10.1. The summed E-state index contributed by atoms with van der Waals surface area (Å²) in [5.41, 5.74) is 0. The molecular formula is C8H16N2O2. The minimum Gasteiger partial charge on any atom is -0.358 e. The zero-order valence-corrected chi connectivity index (χ0v) is 7.81. The van der Waals surface area contributed by atoms with Gasteiger partial charge < -0.3 is 10.6 Å². The van der Waals surface area contributed by atoms with Crippen LogP contribution in [0.5, 0.6) is 0 Å². The van der Waals surface area contributed by atoms with Crippen LogP contribution < -0.4 is 10.6 Å². The summed E-state index contributed by atoms with van der Waals surface area (Å²) in [5, 5.41) is 4.93. The van der Waals surface area contributed by atoms with Crippen molar-refractivity contribution in [3.63, 3.8) is 0 Å². The van der Waals surface area contributed by atoms with E-state index < -0.39 is 0 Å². The SMILES string of the molecule is CNC(=O)CNC(=O)CC(C)C. The maximum Gasteiger partial charge on any atom is 0.239 e. The molecule has 0 aliphatic carbocycles. The summed E-state index contributed by atoms with van der Waals surface area (Å²) >= 11 is 0. The minimum atomic E-state index is -0.174. The quantitative estimate of drug-likeness (QED) is 0.622. The first-order chi connectivity index (χ1) is 5.56. The molecule has 0 aromatic rings. The molecule has 0 atom stereocenters. The maximum atomic E-state index is 11.0. The number of amides is 2. The van der Waals surface area contributed by atoms with E-state index in [2.05, 4.69) is 10.6 Å². The van der Waals surface area contributed by atoms with Crippen molar-refractivity contribution in [2.45, 2.75) is 20.3 Å². The van der Waals surface area contributed by atoms with Crippen LogP contribution >= 0.6 is 0 Å². The fraction of sp³-hybridized carbons (Fsp3) is 0.750. The van der Waals surface area contributed by atoms with Gasteiger partial charge in [-0.05, 0) is 5.92 Å². The van der Waals surface area contributed by atoms with Crippen LogP contribution in [0.3, 0.4) is 0 Å². The highest BCUT2D eigenvalue weighted by atomic mass is 16.2. The average Bonchev–Trinajstić information content (AvgIpc) is 1.99. The summed E-state index contributed by atoms with van der Waals surface area (Å²) in [6.45, 7) is 3.99. The number of hydrogen-bond acceptors (Lipinski definition) is 2. The summed E-state index contributed by atoms with van der Waals surface area (Å²) in [6.07, 6.45) is 0.469. The van der Waals surface area contributed by atoms with Crippen molar-refractivity contribution >= 4 is 11.8 Å². The molecule has 0 aromatic heterocycles. The Morgan fingerprint density at radius 2 is 1.83 bits per heavy atom. The van der Waals surface area contributed by atoms with E-state index in [1.807, 2.05) is 13.8 Å². The fourth-order valence-electron chi connectivity index (χ4n) is 0.710. The maximum absolute atomic E-state index is 11.0. The Morgan fingerprint density at radius 1 is 1.25 bits per heavy atom. The Bertz CT molecular complexity index is 166. The van der Waals surface area contributed by atoms with E-state index in [9.17, 15) is 9.59 Å². The number of carbonyl (C=O) groups excluding carboxylic acids is 2. The summed E-state index contributed by atoms with van der Waals surface area (Å²) < 4.78 is 0. The number of carbonyl (C=O) groups is 2. The summed E-state index contributed by atoms with van der Waals surface area (Å²) in [4.78, 5) is 21.7. The highest BCUT2D eigenvalue weighted by molar-refractivity contribution is 5.84. The topological polar surface area (TPSA) is 58.2 Å². The number of rotatable bonds is 4. The fourth-order valence-corrected chi connectivity index (χ4v) is 0.710. The van der Waals surface area contributed by atoms with Gasteiger partial charge in [0.25, 0.3) is 0 Å². The summed E-state index contributed by atoms with van der Waals surface area (Å²) in [5.74, 6) is 0.0791. The third-order valence-corrected chi connectivity index (χ3v) is 1.32. The Kier molecular flexibility index (Phi) is 5.08. The smallest absolute Gasteiger partial charge is 0.239 e. The van der Waals surface area contributed by atoms with E-state index in [4.69, 9.17) is 0 Å². The average molecular weight is 172 g/mol. The molecule has 0 radical (unpaired) electrons. The lowest BCUT2D eigenvalue weighted by Gasteiger charge is -2.05. The van der Waals surface area contributed by atoms with Crippen molar-refractivity contribution in [1.82, 2.24) is 10.6 Å². The van der Waals surface area contributed by atoms with Crippen molar-refractivity contribution in [1.29, 1.82) is 0 Å². The normalized spacial score (nSPS) is 9.67. The van der Waals surface area contributed by atoms with Gasteiger partial charge in [-0.2, -0.15) is 0 Å². The second-order valence-corrected chi connectivity index (χ2v) is 3.05. The molecule has 70 valence electrons. The summed E-state index contributed by atoms with van der Waals surface area (Å²) in [6, 6.07) is 0. The first kappa shape index (κ1) is 10.9. The van der Waals surface area contributed by atoms with Crippen molar-refractivity contribution < 1.29 is 9.59 Å². The van der Waals surface area contributed by atoms with Crippen LogP contribution in [0, 0.1) is 5.92 Å². The molecule has 0 spiro atoms. The monoisotopic (exact) mass is 172 g/mol. The first-order valence-electron chi connectivity index (χ1n) is 4.03. The van der Waals surface area contributed by atoms with E-state index >= 15 is 0 Å². The number of hydrogen-bond donors (Lipinski definition) is 2. The molecule has 0 heterocycles. The zero-order valence-electron chi connectivity index (χ0n) is 7.81. The van der Waals surface area contributed by atoms with Crippen LogP contribution in [0.25, 0.3) is 0 Å². The number of nitrogens with one attached hydrogen (secondary N) is 2. The summed E-state index contributed by atoms with van der Waals surface area (Å²) in [7, 11) is 1.54. The van der Waals surface area contributed by atoms with E-state index in [1.165, 1.54) is 7.05 Å². The third-order valence-electron chi connectivity index (χ3n) is 1.32. The Balaban J connectivity index is 3.51. The van der Waals surface area contributed by atoms with Gasteiger partial charge in [0.15, 0.2) is 0 Å². The molecule has 0 aliphatic rings. The molecule has 0 bridgehead atoms. The Hall–Kier alpha value is -1.06. The van der Waals surface area contributed by atoms with Gasteiger partial charge in [0, 0.05) is 13.5 Å². The highest BCUT2D eigenvalue weighted by Crippen LogP contribution is 1.97. The van der Waals surface area contributed by atoms with Crippen LogP contribution in [-0.4, -0.2) is 25.4 Å². The van der Waals surface area contributed by atoms with Crippen molar-refractivity contribution in [3.8, 4) is 0 Å². The van der Waals surface area contributed by atoms with Gasteiger partial charge in [0.05, 0.1) is 6.54 Å². The molecule has 0 saturated heterocycles. The van der Waals surface area contributed by atoms with E-state index in [0.29, 0.717) is 12.3 Å². The third kappa shape index (κ3) is 5.70. The minimum absolute atomic E-state index is 0.0715. The van der Waals surface area contributed by atoms with Crippen LogP contribution in [0.2, 0.25) is 0 Å². The first-order valence-corrected chi connectivity index (χ1v) is 4.03. The molecule has 12 heavy (non-hydrogen) atoms. The zero-order chi connectivity index (χ0) is 9.56. The van der Waals surface area contributed by atoms with E-state index in [1.54, 1.807) is 0 Å². The van der Waals surface area contributed by atoms with Crippen LogP contribution in [0.4, 0.5) is 0 Å². The van der Waals surface area contributed by atoms with Gasteiger partial charge in [0.1, 0.15) is 0 Å². The predicted molar refractivity (Wildman–Crippen MR) is 46.5 cm³/mol. The molecule has 2 N–H and O–H groups in total. The van der Waals surface area contributed by atoms with Gasteiger partial charge in [-0.15, -0.1) is 0 Å². The molecule has 0 saturated carbocycles. The number of likely N-dealkylation sites (N-methyl/N-ethyl adjacent to an activating group) is 1. The van der Waals surface area contributed by atoms with Gasteiger partial charge >= 0.3 is 0 Å². The molecule has 4 heteroatoms. The molecule has 0 unspecified atom stereocenters. The molecular weight excluding hydrogens is 156 g/mol. The molecule has 0 rings (SSSR count). The lowest BCUT2D eigenvalue weighted by molar-refractivity contribution is -0.126. The molecule has 0 fully saturated rings. The second kappa shape index (κ2) is 5.57. The van der Waals surface area contributed by atoms with Crippen LogP contribution in [0.1, 0.15) is 20.3 Å². The largest absolute Gasteiger partial charge is 0.358 e. The van der Waals surface area contributed by atoms with Crippen LogP contribution in [-0.2, 0) is 9.59 Å². The van der Waals surface area contributed by atoms with Crippen molar-refractivity contribution in [2.75, 3.05) is 13.6 Å². The van der Waals surface area contributed by atoms with E-state index in [-0.39, 0.29) is 18.4 Å². The standard InChI is InChI=1S/C8H16N2O2/c1-6(2)4-7(11)10-5-8(12)9-3/h6H,4-5H2,1-3H3,(H,9,12)(H,10,11). The Labute approximate surface area is 72.7 Å². The highest BCUT2D eigenvalue weighted by Gasteiger charge is 2.05. The van der Waals surface area contributed by atoms with Gasteiger partial charge in [-0.1, -0.05) is 13.8 Å². The van der Waals surface area contributed by atoms with Gasteiger partial charge in [0.2, 0.25) is 11.8 Å². The Morgan fingerprint density at radius 3 is 2.25 bits per heavy atom. The van der Waals surface area contributed by atoms with Gasteiger partial charge in [-0.25, -0.2) is 0 Å². The van der Waals surface area contributed by atoms with E-state index in [0.717, 1.165) is 0 Å². The van der Waals surface area contributed by atoms with Gasteiger partial charge in [-0.3, -0.25) is 9.59 Å². The van der Waals surface area contributed by atoms with Crippen molar-refractivity contribution in [2.24, 2.45) is 5.92 Å². The molecule has 0 aliphatic heterocycles.